The lowest BCUT2D eigenvalue weighted by atomic mass is 10.2. The number of guanidine groups is 1. The Balaban J connectivity index is 0.00000261. The van der Waals surface area contributed by atoms with Crippen molar-refractivity contribution in [3.63, 3.8) is 0 Å². The van der Waals surface area contributed by atoms with Gasteiger partial charge in [-0.05, 0) is 24.6 Å². The van der Waals surface area contributed by atoms with E-state index in [4.69, 9.17) is 15.2 Å². The Hall–Kier alpha value is -1.61. The lowest BCUT2D eigenvalue weighted by Crippen LogP contribution is -2.23. The van der Waals surface area contributed by atoms with Crippen molar-refractivity contribution < 1.29 is 9.47 Å². The minimum atomic E-state index is 0. The molecule has 3 N–H and O–H groups in total. The van der Waals surface area contributed by atoms with Gasteiger partial charge in [-0.1, -0.05) is 29.8 Å². The lowest BCUT2D eigenvalue weighted by molar-refractivity contribution is 0.297. The first-order valence-corrected chi connectivity index (χ1v) is 9.96. The quantitative estimate of drug-likeness (QED) is 0.266. The third-order valence-electron chi connectivity index (χ3n) is 3.93. The highest BCUT2D eigenvalue weighted by molar-refractivity contribution is 14.0. The van der Waals surface area contributed by atoms with E-state index in [0.717, 1.165) is 35.1 Å². The number of hydrogen-bond donors (Lipinski definition) is 2. The largest absolute Gasteiger partial charge is 0.490 e. The van der Waals surface area contributed by atoms with Crippen molar-refractivity contribution in [1.29, 1.82) is 0 Å². The number of ether oxygens (including phenoxy) is 2. The molecule has 0 atom stereocenters. The Morgan fingerprint density at radius 3 is 2.63 bits per heavy atom. The number of nitrogens with one attached hydrogen (secondary N) is 1. The van der Waals surface area contributed by atoms with E-state index in [1.165, 1.54) is 11.1 Å². The maximum absolute atomic E-state index is 5.98. The van der Waals surface area contributed by atoms with Crippen molar-refractivity contribution in [3.8, 4) is 11.5 Å². The van der Waals surface area contributed by atoms with Crippen LogP contribution < -0.4 is 20.5 Å². The van der Waals surface area contributed by atoms with E-state index in [0.29, 0.717) is 25.7 Å². The zero-order chi connectivity index (χ0) is 18.2. The third-order valence-corrected chi connectivity index (χ3v) is 4.94. The topological polar surface area (TPSA) is 68.9 Å². The number of hydrogen-bond acceptors (Lipinski definition) is 4. The molecule has 0 saturated carbocycles. The highest BCUT2D eigenvalue weighted by atomic mass is 127. The smallest absolute Gasteiger partial charge is 0.193 e. The van der Waals surface area contributed by atoms with Crippen molar-refractivity contribution in [2.45, 2.75) is 19.1 Å². The second-order valence-electron chi connectivity index (χ2n) is 6.14. The standard InChI is InChI=1S/C20H25N3O2S.HI/c1-15-3-5-16(6-4-15)14-26-12-9-22-20(21)23-17-7-8-18-19(13-17)25-11-2-10-24-18;/h3-8,13H,2,9-12,14H2,1H3,(H3,21,22,23);1H. The van der Waals surface area contributed by atoms with Crippen molar-refractivity contribution in [3.05, 3.63) is 53.6 Å². The maximum atomic E-state index is 5.98. The molecule has 1 heterocycles. The van der Waals surface area contributed by atoms with Crippen LogP contribution in [-0.2, 0) is 5.75 Å². The van der Waals surface area contributed by atoms with Crippen LogP contribution >= 0.6 is 35.7 Å². The Labute approximate surface area is 182 Å². The Bertz CT molecular complexity index is 753. The SMILES string of the molecule is Cc1ccc(CSCCN=C(N)Nc2ccc3c(c2)OCCCO3)cc1.I. The molecule has 1 aliphatic rings. The van der Waals surface area contributed by atoms with Crippen LogP contribution in [0.3, 0.4) is 0 Å². The maximum Gasteiger partial charge on any atom is 0.193 e. The Morgan fingerprint density at radius 1 is 1.11 bits per heavy atom. The molecule has 27 heavy (non-hydrogen) atoms. The molecular formula is C20H26IN3O2S. The van der Waals surface area contributed by atoms with Gasteiger partial charge in [-0.25, -0.2) is 0 Å². The van der Waals surface area contributed by atoms with Gasteiger partial charge in [0.25, 0.3) is 0 Å². The Kier molecular flexibility index (Phi) is 9.06. The number of rotatable bonds is 6. The number of anilines is 1. The highest BCUT2D eigenvalue weighted by Crippen LogP contribution is 2.32. The third kappa shape index (κ3) is 7.14. The molecule has 146 valence electrons. The molecule has 1 aliphatic heterocycles. The van der Waals surface area contributed by atoms with Gasteiger partial charge in [-0.2, -0.15) is 11.8 Å². The normalized spacial score (nSPS) is 13.4. The molecule has 0 radical (unpaired) electrons. The lowest BCUT2D eigenvalue weighted by Gasteiger charge is -2.10. The highest BCUT2D eigenvalue weighted by Gasteiger charge is 2.10. The van der Waals surface area contributed by atoms with Gasteiger partial charge < -0.3 is 20.5 Å². The van der Waals surface area contributed by atoms with Gasteiger partial charge in [-0.15, -0.1) is 24.0 Å². The number of halogens is 1. The number of thioether (sulfide) groups is 1. The minimum absolute atomic E-state index is 0. The number of aliphatic imine (C=N–C) groups is 1. The molecule has 0 aliphatic carbocycles. The van der Waals surface area contributed by atoms with Gasteiger partial charge >= 0.3 is 0 Å². The number of benzene rings is 2. The van der Waals surface area contributed by atoms with E-state index in [-0.39, 0.29) is 24.0 Å². The molecule has 0 amide bonds. The zero-order valence-electron chi connectivity index (χ0n) is 15.4. The van der Waals surface area contributed by atoms with Crippen LogP contribution in [0.1, 0.15) is 17.5 Å². The van der Waals surface area contributed by atoms with Gasteiger partial charge in [0, 0.05) is 29.7 Å². The van der Waals surface area contributed by atoms with E-state index in [1.807, 2.05) is 30.0 Å². The summed E-state index contributed by atoms with van der Waals surface area (Å²) < 4.78 is 11.3. The average molecular weight is 499 g/mol. The van der Waals surface area contributed by atoms with Crippen LogP contribution in [0, 0.1) is 6.92 Å². The molecule has 2 aromatic carbocycles. The van der Waals surface area contributed by atoms with E-state index in [1.54, 1.807) is 0 Å². The predicted molar refractivity (Wildman–Crippen MR) is 125 cm³/mol. The van der Waals surface area contributed by atoms with Crippen LogP contribution in [0.4, 0.5) is 5.69 Å². The second kappa shape index (κ2) is 11.3. The molecule has 2 aromatic rings. The molecule has 7 heteroatoms. The van der Waals surface area contributed by atoms with Gasteiger partial charge in [0.15, 0.2) is 17.5 Å². The van der Waals surface area contributed by atoms with Crippen LogP contribution in [-0.4, -0.2) is 31.5 Å². The van der Waals surface area contributed by atoms with Crippen molar-refractivity contribution in [2.24, 2.45) is 10.7 Å². The van der Waals surface area contributed by atoms with Gasteiger partial charge in [0.05, 0.1) is 19.8 Å². The first-order valence-electron chi connectivity index (χ1n) is 8.80. The van der Waals surface area contributed by atoms with E-state index >= 15 is 0 Å². The first-order chi connectivity index (χ1) is 12.7. The summed E-state index contributed by atoms with van der Waals surface area (Å²) in [6.45, 7) is 4.13. The van der Waals surface area contributed by atoms with Crippen LogP contribution in [0.15, 0.2) is 47.5 Å². The molecule has 0 aromatic heterocycles. The fourth-order valence-electron chi connectivity index (χ4n) is 2.53. The molecule has 3 rings (SSSR count). The molecule has 0 spiro atoms. The number of nitrogens with zero attached hydrogens (tertiary/aromatic N) is 1. The van der Waals surface area contributed by atoms with Crippen LogP contribution in [0.25, 0.3) is 0 Å². The summed E-state index contributed by atoms with van der Waals surface area (Å²) in [5.41, 5.74) is 9.45. The van der Waals surface area contributed by atoms with Crippen molar-refractivity contribution >= 4 is 47.4 Å². The van der Waals surface area contributed by atoms with Crippen molar-refractivity contribution in [2.75, 3.05) is 30.8 Å². The Morgan fingerprint density at radius 2 is 1.85 bits per heavy atom. The van der Waals surface area contributed by atoms with E-state index in [9.17, 15) is 0 Å². The molecular weight excluding hydrogens is 473 g/mol. The molecule has 0 bridgehead atoms. The summed E-state index contributed by atoms with van der Waals surface area (Å²) >= 11 is 1.85. The molecule has 0 saturated heterocycles. The average Bonchev–Trinajstić information content (AvgIpc) is 2.88. The fourth-order valence-corrected chi connectivity index (χ4v) is 3.33. The predicted octanol–water partition coefficient (Wildman–Crippen LogP) is 4.43. The van der Waals surface area contributed by atoms with E-state index in [2.05, 4.69) is 41.5 Å². The molecule has 5 nitrogen and oxygen atoms in total. The monoisotopic (exact) mass is 499 g/mol. The molecule has 0 fully saturated rings. The van der Waals surface area contributed by atoms with Crippen LogP contribution in [0.5, 0.6) is 11.5 Å². The summed E-state index contributed by atoms with van der Waals surface area (Å²) in [7, 11) is 0. The number of nitrogens with two attached hydrogens (primary N) is 1. The number of fused-ring (bicyclic) bond motifs is 1. The van der Waals surface area contributed by atoms with Gasteiger partial charge in [0.2, 0.25) is 0 Å². The molecule has 0 unspecified atom stereocenters. The first kappa shape index (κ1) is 21.7. The van der Waals surface area contributed by atoms with Crippen molar-refractivity contribution in [1.82, 2.24) is 0 Å². The summed E-state index contributed by atoms with van der Waals surface area (Å²) in [5.74, 6) is 3.85. The fraction of sp³-hybridized carbons (Fsp3) is 0.350. The number of aryl methyl sites for hydroxylation is 1. The van der Waals surface area contributed by atoms with Gasteiger partial charge in [0.1, 0.15) is 0 Å². The zero-order valence-corrected chi connectivity index (χ0v) is 18.6. The summed E-state index contributed by atoms with van der Waals surface area (Å²) in [5, 5.41) is 3.11. The summed E-state index contributed by atoms with van der Waals surface area (Å²) in [4.78, 5) is 4.39. The van der Waals surface area contributed by atoms with Gasteiger partial charge in [-0.3, -0.25) is 4.99 Å². The van der Waals surface area contributed by atoms with E-state index < -0.39 is 0 Å². The summed E-state index contributed by atoms with van der Waals surface area (Å²) in [6.07, 6.45) is 0.890. The minimum Gasteiger partial charge on any atom is -0.490 e. The van der Waals surface area contributed by atoms with Crippen LogP contribution in [0.2, 0.25) is 0 Å². The second-order valence-corrected chi connectivity index (χ2v) is 7.25. The summed E-state index contributed by atoms with van der Waals surface area (Å²) in [6, 6.07) is 14.3.